The normalized spacial score (nSPS) is 11.4. The fourth-order valence-corrected chi connectivity index (χ4v) is 1.37. The molecule has 1 atom stereocenters. The maximum Gasteiger partial charge on any atom is 0.232 e. The van der Waals surface area contributed by atoms with Crippen LogP contribution in [0.4, 0.5) is 0 Å². The molecule has 0 aromatic heterocycles. The molecule has 1 aromatic rings. The summed E-state index contributed by atoms with van der Waals surface area (Å²) in [5, 5.41) is 1.23. The van der Waals surface area contributed by atoms with Gasteiger partial charge in [-0.25, -0.2) is 4.21 Å². The molecule has 1 rings (SSSR count). The van der Waals surface area contributed by atoms with Crippen LogP contribution in [0, 0.1) is 12.3 Å². The second kappa shape index (κ2) is 6.83. The van der Waals surface area contributed by atoms with Gasteiger partial charge in [0.25, 0.3) is 0 Å². The molecule has 0 N–H and O–H groups in total. The van der Waals surface area contributed by atoms with Crippen molar-refractivity contribution in [2.75, 3.05) is 6.61 Å². The molecule has 84 valence electrons. The fraction of sp³-hybridized carbons (Fsp3) is 0.167. The number of rotatable bonds is 6. The van der Waals surface area contributed by atoms with E-state index in [1.807, 2.05) is 12.1 Å². The van der Waals surface area contributed by atoms with Crippen molar-refractivity contribution in [3.8, 4) is 18.1 Å². The molecule has 1 aromatic carbocycles. The first-order chi connectivity index (χ1) is 7.76. The van der Waals surface area contributed by atoms with E-state index in [1.54, 1.807) is 12.1 Å². The SMILES string of the molecule is C#CCOCc1ccc(OS(=O)C=C)cc1. The lowest BCUT2D eigenvalue weighted by molar-refractivity contribution is 0.153. The average molecular weight is 236 g/mol. The van der Waals surface area contributed by atoms with Crippen LogP contribution in [-0.4, -0.2) is 10.8 Å². The maximum atomic E-state index is 11.0. The van der Waals surface area contributed by atoms with Gasteiger partial charge in [-0.3, -0.25) is 0 Å². The zero-order valence-electron chi connectivity index (χ0n) is 8.72. The molecule has 0 saturated heterocycles. The Bertz CT molecular complexity index is 403. The third-order valence-electron chi connectivity index (χ3n) is 1.69. The monoisotopic (exact) mass is 236 g/mol. The van der Waals surface area contributed by atoms with E-state index >= 15 is 0 Å². The van der Waals surface area contributed by atoms with Crippen molar-refractivity contribution >= 4 is 11.1 Å². The number of hydrogen-bond donors (Lipinski definition) is 0. The van der Waals surface area contributed by atoms with E-state index in [4.69, 9.17) is 15.3 Å². The van der Waals surface area contributed by atoms with Gasteiger partial charge in [-0.2, -0.15) is 0 Å². The van der Waals surface area contributed by atoms with Crippen molar-refractivity contribution in [3.63, 3.8) is 0 Å². The van der Waals surface area contributed by atoms with Crippen LogP contribution in [0.25, 0.3) is 0 Å². The molecule has 16 heavy (non-hydrogen) atoms. The first kappa shape index (κ1) is 12.5. The lowest BCUT2D eigenvalue weighted by Crippen LogP contribution is -1.96. The van der Waals surface area contributed by atoms with E-state index in [-0.39, 0.29) is 0 Å². The minimum absolute atomic E-state index is 0.290. The van der Waals surface area contributed by atoms with E-state index in [1.165, 1.54) is 5.41 Å². The fourth-order valence-electron chi connectivity index (χ4n) is 0.998. The number of ether oxygens (including phenoxy) is 1. The molecule has 0 heterocycles. The van der Waals surface area contributed by atoms with Gasteiger partial charge in [0.2, 0.25) is 11.1 Å². The van der Waals surface area contributed by atoms with Gasteiger partial charge >= 0.3 is 0 Å². The Hall–Kier alpha value is -1.57. The summed E-state index contributed by atoms with van der Waals surface area (Å²) < 4.78 is 21.2. The summed E-state index contributed by atoms with van der Waals surface area (Å²) in [6.07, 6.45) is 5.05. The van der Waals surface area contributed by atoms with Crippen molar-refractivity contribution in [2.45, 2.75) is 6.61 Å². The van der Waals surface area contributed by atoms with Crippen molar-refractivity contribution in [3.05, 3.63) is 41.8 Å². The molecule has 4 heteroatoms. The zero-order valence-corrected chi connectivity index (χ0v) is 9.53. The van der Waals surface area contributed by atoms with Crippen LogP contribution in [0.5, 0.6) is 5.75 Å². The summed E-state index contributed by atoms with van der Waals surface area (Å²) in [5.41, 5.74) is 0.979. The number of terminal acetylenes is 1. The lowest BCUT2D eigenvalue weighted by atomic mass is 10.2. The quantitative estimate of drug-likeness (QED) is 0.560. The highest BCUT2D eigenvalue weighted by atomic mass is 32.2. The largest absolute Gasteiger partial charge is 0.397 e. The van der Waals surface area contributed by atoms with Crippen LogP contribution in [0.15, 0.2) is 36.3 Å². The minimum Gasteiger partial charge on any atom is -0.397 e. The topological polar surface area (TPSA) is 35.5 Å². The van der Waals surface area contributed by atoms with Gasteiger partial charge < -0.3 is 8.92 Å². The third kappa shape index (κ3) is 4.30. The molecule has 0 aliphatic rings. The van der Waals surface area contributed by atoms with Crippen molar-refractivity contribution in [2.24, 2.45) is 0 Å². The van der Waals surface area contributed by atoms with Gasteiger partial charge in [0.1, 0.15) is 12.4 Å². The van der Waals surface area contributed by atoms with Crippen molar-refractivity contribution in [1.82, 2.24) is 0 Å². The summed E-state index contributed by atoms with van der Waals surface area (Å²) >= 11 is -1.49. The molecule has 3 nitrogen and oxygen atoms in total. The third-order valence-corrected chi connectivity index (χ3v) is 2.32. The van der Waals surface area contributed by atoms with E-state index in [2.05, 4.69) is 12.5 Å². The average Bonchev–Trinajstić information content (AvgIpc) is 2.31. The highest BCUT2D eigenvalue weighted by Gasteiger charge is 1.98. The Morgan fingerprint density at radius 1 is 1.44 bits per heavy atom. The van der Waals surface area contributed by atoms with E-state index in [0.717, 1.165) is 5.56 Å². The van der Waals surface area contributed by atoms with Crippen LogP contribution in [-0.2, 0) is 22.4 Å². The van der Waals surface area contributed by atoms with Crippen LogP contribution in [0.3, 0.4) is 0 Å². The van der Waals surface area contributed by atoms with Gasteiger partial charge in [-0.05, 0) is 17.7 Å². The minimum atomic E-state index is -1.49. The Balaban J connectivity index is 2.51. The molecule has 0 radical (unpaired) electrons. The van der Waals surface area contributed by atoms with E-state index in [0.29, 0.717) is 19.0 Å². The summed E-state index contributed by atoms with van der Waals surface area (Å²) in [7, 11) is 0. The Morgan fingerprint density at radius 3 is 2.69 bits per heavy atom. The molecule has 0 spiro atoms. The summed E-state index contributed by atoms with van der Waals surface area (Å²) in [5.74, 6) is 2.91. The number of benzene rings is 1. The van der Waals surface area contributed by atoms with Gasteiger partial charge in [-0.15, -0.1) is 6.42 Å². The molecule has 0 aliphatic heterocycles. The Morgan fingerprint density at radius 2 is 2.12 bits per heavy atom. The summed E-state index contributed by atoms with van der Waals surface area (Å²) in [6, 6.07) is 7.09. The highest BCUT2D eigenvalue weighted by molar-refractivity contribution is 7.83. The second-order valence-electron chi connectivity index (χ2n) is 2.85. The van der Waals surface area contributed by atoms with Crippen LogP contribution >= 0.6 is 0 Å². The lowest BCUT2D eigenvalue weighted by Gasteiger charge is -2.03. The first-order valence-electron chi connectivity index (χ1n) is 4.58. The van der Waals surface area contributed by atoms with Gasteiger partial charge in [0, 0.05) is 5.41 Å². The molecular weight excluding hydrogens is 224 g/mol. The molecule has 0 aliphatic carbocycles. The Kier molecular flexibility index (Phi) is 5.34. The molecule has 0 fully saturated rings. The molecule has 0 saturated carbocycles. The van der Waals surface area contributed by atoms with Crippen LogP contribution in [0.1, 0.15) is 5.56 Å². The van der Waals surface area contributed by atoms with Crippen LogP contribution < -0.4 is 4.18 Å². The smallest absolute Gasteiger partial charge is 0.232 e. The predicted octanol–water partition coefficient (Wildman–Crippen LogP) is 2.02. The van der Waals surface area contributed by atoms with E-state index in [9.17, 15) is 4.21 Å². The van der Waals surface area contributed by atoms with Crippen LogP contribution in [0.2, 0.25) is 0 Å². The van der Waals surface area contributed by atoms with Gasteiger partial charge in [-0.1, -0.05) is 24.6 Å². The maximum absolute atomic E-state index is 11.0. The predicted molar refractivity (Wildman–Crippen MR) is 63.9 cm³/mol. The zero-order chi connectivity index (χ0) is 11.8. The summed E-state index contributed by atoms with van der Waals surface area (Å²) in [4.78, 5) is 0. The van der Waals surface area contributed by atoms with Crippen molar-refractivity contribution < 1.29 is 13.1 Å². The van der Waals surface area contributed by atoms with Crippen molar-refractivity contribution in [1.29, 1.82) is 0 Å². The molecule has 1 unspecified atom stereocenters. The first-order valence-corrected chi connectivity index (χ1v) is 5.71. The van der Waals surface area contributed by atoms with Gasteiger partial charge in [0.05, 0.1) is 6.61 Å². The van der Waals surface area contributed by atoms with Gasteiger partial charge in [0.15, 0.2) is 0 Å². The molecule has 0 bridgehead atoms. The second-order valence-corrected chi connectivity index (χ2v) is 3.87. The number of hydrogen-bond acceptors (Lipinski definition) is 3. The molecular formula is C12H12O3S. The summed E-state index contributed by atoms with van der Waals surface area (Å²) in [6.45, 7) is 4.10. The van der Waals surface area contributed by atoms with E-state index < -0.39 is 11.1 Å². The Labute approximate surface area is 97.7 Å². The highest BCUT2D eigenvalue weighted by Crippen LogP contribution is 2.14. The molecule has 0 amide bonds. The standard InChI is InChI=1S/C12H12O3S/c1-3-9-14-10-11-5-7-12(8-6-11)15-16(13)4-2/h1,4-8H,2,9-10H2.